The monoisotopic (exact) mass is 664 g/mol. The maximum absolute atomic E-state index is 12.3. The molecule has 3 N–H and O–H groups in total. The number of carboxylic acids is 1. The van der Waals surface area contributed by atoms with Crippen LogP contribution in [0, 0.1) is 0 Å². The Morgan fingerprint density at radius 2 is 1.57 bits per heavy atom. The lowest BCUT2D eigenvalue weighted by molar-refractivity contribution is -0.456. The van der Waals surface area contributed by atoms with Gasteiger partial charge in [-0.05, 0) is 99.9 Å². The molecule has 0 spiro atoms. The molecule has 1 atom stereocenters. The average Bonchev–Trinajstić information content (AvgIpc) is 2.94. The minimum Gasteiger partial charge on any atom is -0.481 e. The van der Waals surface area contributed by atoms with Gasteiger partial charge in [-0.1, -0.05) is 40.2 Å². The highest BCUT2D eigenvalue weighted by molar-refractivity contribution is 7.86. The molecule has 0 bridgehead atoms. The summed E-state index contributed by atoms with van der Waals surface area (Å²) in [6, 6.07) is 9.15. The van der Waals surface area contributed by atoms with Gasteiger partial charge in [0.25, 0.3) is 10.1 Å². The van der Waals surface area contributed by atoms with Crippen molar-refractivity contribution in [3.05, 3.63) is 63.7 Å². The molecule has 8 nitrogen and oxygen atoms in total. The molecule has 2 aliphatic heterocycles. The van der Waals surface area contributed by atoms with E-state index in [1.54, 1.807) is 0 Å². The van der Waals surface area contributed by atoms with Crippen molar-refractivity contribution in [1.82, 2.24) is 0 Å². The second-order valence-electron chi connectivity index (χ2n) is 15.5. The first-order valence-electron chi connectivity index (χ1n) is 17.2. The number of carboxylic acid groups (broad SMARTS) is 1. The van der Waals surface area contributed by atoms with Crippen LogP contribution in [0.15, 0.2) is 30.3 Å². The predicted octanol–water partition coefficient (Wildman–Crippen LogP) is 5.89. The zero-order chi connectivity index (χ0) is 34.7. The Balaban J connectivity index is 1.78. The van der Waals surface area contributed by atoms with E-state index >= 15 is 0 Å². The van der Waals surface area contributed by atoms with Crippen molar-refractivity contribution in [3.63, 3.8) is 0 Å². The van der Waals surface area contributed by atoms with Crippen molar-refractivity contribution < 1.29 is 27.9 Å². The standard InChI is InChI=1S/C38H53N3O5S/c1-10-12-15-39-35-28-17-26-24(3)21-36(4,5)41(16-13-14-34(42)43)32(26)19-30(28)38(8,9)31-20-33-27(18-29(31)35)25(23-47(44,45)46)22-37(6,7)40(33)11-2/h17-20,22,24H,10-16,21,23H2,1-9H3,(H,42,43)(H,44,45,46)/p+1. The summed E-state index contributed by atoms with van der Waals surface area (Å²) < 4.78 is 34.5. The molecule has 2 aromatic rings. The van der Waals surface area contributed by atoms with Crippen molar-refractivity contribution in [2.45, 2.75) is 117 Å². The summed E-state index contributed by atoms with van der Waals surface area (Å²) in [5.74, 6) is -0.886. The van der Waals surface area contributed by atoms with Gasteiger partial charge in [-0.25, -0.2) is 4.99 Å². The van der Waals surface area contributed by atoms with Gasteiger partial charge in [0.2, 0.25) is 5.71 Å². The molecule has 1 aliphatic carbocycles. The van der Waals surface area contributed by atoms with E-state index in [0.29, 0.717) is 24.5 Å². The Bertz CT molecular complexity index is 1750. The highest BCUT2D eigenvalue weighted by Crippen LogP contribution is 2.51. The molecule has 9 heteroatoms. The number of nitrogens with one attached hydrogen (secondary N) is 1. The van der Waals surface area contributed by atoms with Crippen LogP contribution in [0.1, 0.15) is 134 Å². The van der Waals surface area contributed by atoms with Crippen molar-refractivity contribution in [3.8, 4) is 0 Å². The van der Waals surface area contributed by atoms with Crippen LogP contribution in [-0.2, 0) is 20.3 Å². The summed E-state index contributed by atoms with van der Waals surface area (Å²) in [5.41, 5.74) is 9.63. The van der Waals surface area contributed by atoms with Gasteiger partial charge in [0.15, 0.2) is 0 Å². The minimum atomic E-state index is -4.25. The van der Waals surface area contributed by atoms with Gasteiger partial charge in [0.1, 0.15) is 12.3 Å². The molecule has 47 heavy (non-hydrogen) atoms. The third-order valence-electron chi connectivity index (χ3n) is 10.7. The van der Waals surface area contributed by atoms with E-state index < -0.39 is 32.8 Å². The van der Waals surface area contributed by atoms with E-state index in [0.717, 1.165) is 60.4 Å². The summed E-state index contributed by atoms with van der Waals surface area (Å²) in [6.07, 6.45) is 5.75. The number of hydrogen-bond acceptors (Lipinski definition) is 5. The minimum absolute atomic E-state index is 0.121. The molecule has 0 amide bonds. The zero-order valence-corrected chi connectivity index (χ0v) is 30.6. The number of hydrogen-bond donors (Lipinski definition) is 3. The molecule has 0 saturated heterocycles. The number of unbranched alkanes of at least 4 members (excludes halogenated alkanes) is 1. The van der Waals surface area contributed by atoms with Crippen LogP contribution in [0.25, 0.3) is 5.57 Å². The topological polar surface area (TPSA) is 112 Å². The number of nitrogens with zero attached hydrogens (tertiary/aromatic N) is 2. The molecular formula is C38H54N3O5S+. The molecule has 2 aromatic carbocycles. The van der Waals surface area contributed by atoms with Crippen LogP contribution < -0.4 is 14.8 Å². The molecule has 5 rings (SSSR count). The fourth-order valence-electron chi connectivity index (χ4n) is 8.51. The summed E-state index contributed by atoms with van der Waals surface area (Å²) in [4.78, 5) is 20.0. The van der Waals surface area contributed by atoms with Gasteiger partial charge >= 0.3 is 5.97 Å². The van der Waals surface area contributed by atoms with Gasteiger partial charge in [-0.15, -0.1) is 0 Å². The third-order valence-corrected chi connectivity index (χ3v) is 11.3. The van der Waals surface area contributed by atoms with E-state index in [1.807, 2.05) is 6.08 Å². The zero-order valence-electron chi connectivity index (χ0n) is 29.7. The van der Waals surface area contributed by atoms with Crippen molar-refractivity contribution in [1.29, 1.82) is 0 Å². The highest BCUT2D eigenvalue weighted by Gasteiger charge is 2.44. The maximum Gasteiger partial charge on any atom is 0.303 e. The first-order chi connectivity index (χ1) is 21.8. The Morgan fingerprint density at radius 3 is 2.17 bits per heavy atom. The van der Waals surface area contributed by atoms with E-state index in [2.05, 4.69) is 101 Å². The van der Waals surface area contributed by atoms with Crippen LogP contribution in [0.4, 0.5) is 11.4 Å². The molecular weight excluding hydrogens is 611 g/mol. The van der Waals surface area contributed by atoms with E-state index in [4.69, 9.17) is 0 Å². The predicted molar refractivity (Wildman–Crippen MR) is 192 cm³/mol. The fourth-order valence-corrected chi connectivity index (χ4v) is 9.15. The van der Waals surface area contributed by atoms with Crippen LogP contribution >= 0.6 is 0 Å². The van der Waals surface area contributed by atoms with E-state index in [-0.39, 0.29) is 12.0 Å². The lowest BCUT2D eigenvalue weighted by atomic mass is 9.65. The largest absolute Gasteiger partial charge is 0.481 e. The normalized spacial score (nSPS) is 21.4. The van der Waals surface area contributed by atoms with Crippen LogP contribution in [0.2, 0.25) is 0 Å². The lowest BCUT2D eigenvalue weighted by Crippen LogP contribution is -2.74. The lowest BCUT2D eigenvalue weighted by Gasteiger charge is -2.49. The van der Waals surface area contributed by atoms with E-state index in [1.165, 1.54) is 22.4 Å². The summed E-state index contributed by atoms with van der Waals surface area (Å²) >= 11 is 0. The molecule has 2 heterocycles. The van der Waals surface area contributed by atoms with Gasteiger partial charge in [-0.2, -0.15) is 8.42 Å². The van der Waals surface area contributed by atoms with Gasteiger partial charge in [-0.3, -0.25) is 9.35 Å². The molecule has 3 aliphatic rings. The van der Waals surface area contributed by atoms with Crippen LogP contribution in [0.5, 0.6) is 0 Å². The number of fused-ring (bicyclic) bond motifs is 4. The summed E-state index contributed by atoms with van der Waals surface area (Å²) in [5, 5.41) is 9.40. The quantitative estimate of drug-likeness (QED) is 0.215. The molecule has 0 saturated carbocycles. The summed E-state index contributed by atoms with van der Waals surface area (Å²) in [7, 11) is -4.25. The smallest absolute Gasteiger partial charge is 0.303 e. The Labute approximate surface area is 281 Å². The Kier molecular flexibility index (Phi) is 9.25. The number of benzene rings is 2. The van der Waals surface area contributed by atoms with Crippen molar-refractivity contribution in [2.75, 3.05) is 35.2 Å². The third kappa shape index (κ3) is 6.50. The number of likely N-dealkylation sites (N-methyl/N-ethyl adjacent to an activating group) is 1. The number of anilines is 2. The van der Waals surface area contributed by atoms with Crippen molar-refractivity contribution in [2.24, 2.45) is 0 Å². The molecule has 1 unspecified atom stereocenters. The average molecular weight is 665 g/mol. The second-order valence-corrected chi connectivity index (χ2v) is 17.0. The first-order valence-corrected chi connectivity index (χ1v) is 18.9. The maximum atomic E-state index is 12.3. The number of carbonyl (C=O) groups is 1. The van der Waals surface area contributed by atoms with Gasteiger partial charge < -0.3 is 14.9 Å². The molecule has 0 radical (unpaired) electrons. The second kappa shape index (κ2) is 12.4. The molecule has 0 aromatic heterocycles. The van der Waals surface area contributed by atoms with Gasteiger partial charge in [0.05, 0.1) is 16.7 Å². The number of rotatable bonds is 10. The summed E-state index contributed by atoms with van der Waals surface area (Å²) in [6.45, 7) is 22.1. The van der Waals surface area contributed by atoms with Gasteiger partial charge in [0, 0.05) is 53.8 Å². The van der Waals surface area contributed by atoms with E-state index in [9.17, 15) is 22.9 Å². The van der Waals surface area contributed by atoms with Crippen LogP contribution in [-0.4, -0.2) is 66.2 Å². The molecule has 0 fully saturated rings. The van der Waals surface area contributed by atoms with Crippen molar-refractivity contribution >= 4 is 38.7 Å². The first kappa shape index (κ1) is 35.1. The fraction of sp³-hybridized carbons (Fsp3) is 0.579. The SMILES string of the molecule is CCCC[NH+]=C1c2cc3c(cc2C(C)(C)c2cc4c(cc21)C(C)CC(C)(C)N4CCCC(=O)O)N(CC)C(C)(C)C=C3CS(=O)(=O)O. The Morgan fingerprint density at radius 1 is 0.936 bits per heavy atom. The Hall–Kier alpha value is -3.17. The number of aliphatic carboxylic acids is 1. The van der Waals surface area contributed by atoms with Crippen LogP contribution in [0.3, 0.4) is 0 Å². The highest BCUT2D eigenvalue weighted by atomic mass is 32.2. The molecule has 256 valence electrons.